The van der Waals surface area contributed by atoms with Gasteiger partial charge in [-0.1, -0.05) is 0 Å². The molecule has 1 heterocycles. The molecular weight excluding hydrogens is 236 g/mol. The van der Waals surface area contributed by atoms with Crippen molar-refractivity contribution in [1.29, 1.82) is 0 Å². The van der Waals surface area contributed by atoms with Gasteiger partial charge in [-0.05, 0) is 18.8 Å². The van der Waals surface area contributed by atoms with Crippen LogP contribution in [0.15, 0.2) is 0 Å². The van der Waals surface area contributed by atoms with Crippen LogP contribution in [0.25, 0.3) is 0 Å². The molecule has 3 amide bonds. The van der Waals surface area contributed by atoms with Crippen LogP contribution in [0.1, 0.15) is 12.8 Å². The van der Waals surface area contributed by atoms with Crippen molar-refractivity contribution in [2.24, 2.45) is 17.4 Å². The van der Waals surface area contributed by atoms with Gasteiger partial charge in [0.25, 0.3) is 0 Å². The largest absolute Gasteiger partial charge is 0.370 e. The number of nitrogens with zero attached hydrogens (tertiary/aromatic N) is 1. The number of carbonyl (C=O) groups is 2. The van der Waals surface area contributed by atoms with E-state index < -0.39 is 6.03 Å². The lowest BCUT2D eigenvalue weighted by Gasteiger charge is -2.32. The zero-order chi connectivity index (χ0) is 13.4. The summed E-state index contributed by atoms with van der Waals surface area (Å²) in [6.45, 7) is 2.80. The van der Waals surface area contributed by atoms with Crippen LogP contribution in [0, 0.1) is 5.92 Å². The van der Waals surface area contributed by atoms with Gasteiger partial charge in [0.2, 0.25) is 5.91 Å². The molecule has 0 aromatic carbocycles. The molecule has 1 fully saturated rings. The minimum Gasteiger partial charge on any atom is -0.370 e. The average molecular weight is 258 g/mol. The van der Waals surface area contributed by atoms with E-state index in [0.717, 1.165) is 19.4 Å². The summed E-state index contributed by atoms with van der Waals surface area (Å²) in [4.78, 5) is 24.2. The lowest BCUT2D eigenvalue weighted by atomic mass is 9.98. The number of likely N-dealkylation sites (tertiary alicyclic amines) is 1. The molecule has 1 aliphatic heterocycles. The number of nitrogens with two attached hydrogens (primary N) is 2. The molecule has 0 radical (unpaired) electrons. The molecule has 0 aliphatic carbocycles. The Hall–Kier alpha value is -1.34. The molecule has 0 spiro atoms. The minimum absolute atomic E-state index is 0.0211. The molecule has 18 heavy (non-hydrogen) atoms. The number of carbonyl (C=O) groups excluding carboxylic acids is 2. The molecule has 0 saturated carbocycles. The first kappa shape index (κ1) is 14.7. The molecule has 1 saturated heterocycles. The highest BCUT2D eigenvalue weighted by Gasteiger charge is 2.23. The van der Waals surface area contributed by atoms with Gasteiger partial charge in [0.15, 0.2) is 0 Å². The van der Waals surface area contributed by atoms with E-state index >= 15 is 0 Å². The Kier molecular flexibility index (Phi) is 6.45. The van der Waals surface area contributed by atoms with E-state index in [0.29, 0.717) is 26.2 Å². The molecule has 1 rings (SSSR count). The number of urea groups is 1. The molecule has 7 nitrogen and oxygen atoms in total. The smallest absolute Gasteiger partial charge is 0.312 e. The summed E-state index contributed by atoms with van der Waals surface area (Å²) in [5.74, 6) is 0.247. The molecule has 5 N–H and O–H groups in total. The average Bonchev–Trinajstić information content (AvgIpc) is 2.37. The second-order valence-corrected chi connectivity index (χ2v) is 4.43. The van der Waals surface area contributed by atoms with E-state index in [4.69, 9.17) is 16.2 Å². The number of piperidine rings is 1. The van der Waals surface area contributed by atoms with E-state index in [1.54, 1.807) is 4.90 Å². The molecule has 0 bridgehead atoms. The number of nitrogens with one attached hydrogen (secondary N) is 1. The van der Waals surface area contributed by atoms with Crippen molar-refractivity contribution in [3.63, 3.8) is 0 Å². The monoisotopic (exact) mass is 258 g/mol. The van der Waals surface area contributed by atoms with Crippen LogP contribution in [-0.4, -0.2) is 56.2 Å². The maximum Gasteiger partial charge on any atom is 0.312 e. The maximum absolute atomic E-state index is 11.8. The Bertz CT molecular complexity index is 285. The van der Waals surface area contributed by atoms with E-state index in [9.17, 15) is 9.59 Å². The van der Waals surface area contributed by atoms with Gasteiger partial charge in [-0.15, -0.1) is 0 Å². The van der Waals surface area contributed by atoms with Crippen LogP contribution < -0.4 is 16.8 Å². The second kappa shape index (κ2) is 7.88. The number of amides is 3. The Labute approximate surface area is 107 Å². The molecular formula is C11H22N4O3. The van der Waals surface area contributed by atoms with Crippen LogP contribution in [0.4, 0.5) is 4.79 Å². The highest BCUT2D eigenvalue weighted by molar-refractivity contribution is 5.77. The van der Waals surface area contributed by atoms with E-state index in [2.05, 4.69) is 5.32 Å². The first-order valence-electron chi connectivity index (χ1n) is 6.22. The standard InChI is InChI=1S/C11H22N4O3/c12-3-5-18-8-10(16)15-4-1-2-9(7-15)6-14-11(13)17/h9H,1-8,12H2,(H3,13,14,17). The number of hydrogen-bond acceptors (Lipinski definition) is 4. The highest BCUT2D eigenvalue weighted by atomic mass is 16.5. The van der Waals surface area contributed by atoms with Gasteiger partial charge >= 0.3 is 6.03 Å². The topological polar surface area (TPSA) is 111 Å². The van der Waals surface area contributed by atoms with Crippen molar-refractivity contribution in [2.75, 3.05) is 39.4 Å². The highest BCUT2D eigenvalue weighted by Crippen LogP contribution is 2.15. The lowest BCUT2D eigenvalue weighted by Crippen LogP contribution is -2.45. The maximum atomic E-state index is 11.8. The molecule has 1 atom stereocenters. The summed E-state index contributed by atoms with van der Waals surface area (Å²) in [7, 11) is 0. The van der Waals surface area contributed by atoms with Crippen LogP contribution in [0.3, 0.4) is 0 Å². The summed E-state index contributed by atoms with van der Waals surface area (Å²) in [6, 6.07) is -0.523. The zero-order valence-electron chi connectivity index (χ0n) is 10.6. The number of primary amides is 1. The summed E-state index contributed by atoms with van der Waals surface area (Å²) in [5, 5.41) is 2.58. The molecule has 1 aliphatic rings. The Morgan fingerprint density at radius 3 is 2.89 bits per heavy atom. The SMILES string of the molecule is NCCOCC(=O)N1CCCC(CNC(N)=O)C1. The van der Waals surface area contributed by atoms with E-state index in [1.165, 1.54) is 0 Å². The van der Waals surface area contributed by atoms with E-state index in [-0.39, 0.29) is 18.4 Å². The third-order valence-corrected chi connectivity index (χ3v) is 2.92. The normalized spacial score (nSPS) is 19.6. The van der Waals surface area contributed by atoms with Crippen molar-refractivity contribution in [3.05, 3.63) is 0 Å². The van der Waals surface area contributed by atoms with Crippen LogP contribution in [0.5, 0.6) is 0 Å². The van der Waals surface area contributed by atoms with Crippen LogP contribution in [0.2, 0.25) is 0 Å². The van der Waals surface area contributed by atoms with E-state index in [1.807, 2.05) is 0 Å². The lowest BCUT2D eigenvalue weighted by molar-refractivity contribution is -0.137. The molecule has 0 aromatic rings. The number of hydrogen-bond donors (Lipinski definition) is 3. The summed E-state index contributed by atoms with van der Waals surface area (Å²) in [5.41, 5.74) is 10.3. The van der Waals surface area contributed by atoms with Crippen molar-refractivity contribution in [3.8, 4) is 0 Å². The van der Waals surface area contributed by atoms with Gasteiger partial charge in [-0.25, -0.2) is 4.79 Å². The van der Waals surface area contributed by atoms with Gasteiger partial charge < -0.3 is 26.4 Å². The van der Waals surface area contributed by atoms with Gasteiger partial charge in [-0.2, -0.15) is 0 Å². The van der Waals surface area contributed by atoms with Crippen LogP contribution in [-0.2, 0) is 9.53 Å². The predicted octanol–water partition coefficient (Wildman–Crippen LogP) is -1.13. The summed E-state index contributed by atoms with van der Waals surface area (Å²) < 4.78 is 5.13. The first-order valence-corrected chi connectivity index (χ1v) is 6.22. The predicted molar refractivity (Wildman–Crippen MR) is 66.8 cm³/mol. The minimum atomic E-state index is -0.523. The fourth-order valence-electron chi connectivity index (χ4n) is 2.04. The molecule has 104 valence electrons. The fourth-order valence-corrected chi connectivity index (χ4v) is 2.04. The van der Waals surface area contributed by atoms with Crippen molar-refractivity contribution < 1.29 is 14.3 Å². The number of rotatable bonds is 6. The quantitative estimate of drug-likeness (QED) is 0.523. The number of ether oxygens (including phenoxy) is 1. The van der Waals surface area contributed by atoms with Gasteiger partial charge in [0.05, 0.1) is 6.61 Å². The Morgan fingerprint density at radius 2 is 2.22 bits per heavy atom. The van der Waals surface area contributed by atoms with Gasteiger partial charge in [0.1, 0.15) is 6.61 Å². The first-order chi connectivity index (χ1) is 8.63. The van der Waals surface area contributed by atoms with Gasteiger partial charge in [-0.3, -0.25) is 4.79 Å². The second-order valence-electron chi connectivity index (χ2n) is 4.43. The van der Waals surface area contributed by atoms with Crippen LogP contribution >= 0.6 is 0 Å². The summed E-state index contributed by atoms with van der Waals surface area (Å²) >= 11 is 0. The Morgan fingerprint density at radius 1 is 1.44 bits per heavy atom. The fraction of sp³-hybridized carbons (Fsp3) is 0.818. The molecule has 1 unspecified atom stereocenters. The molecule has 7 heteroatoms. The summed E-state index contributed by atoms with van der Waals surface area (Å²) in [6.07, 6.45) is 1.93. The zero-order valence-corrected chi connectivity index (χ0v) is 10.6. The van der Waals surface area contributed by atoms with Crippen molar-refractivity contribution >= 4 is 11.9 Å². The Balaban J connectivity index is 2.28. The third-order valence-electron chi connectivity index (χ3n) is 2.92. The molecule has 0 aromatic heterocycles. The third kappa shape index (κ3) is 5.33. The van der Waals surface area contributed by atoms with Crippen molar-refractivity contribution in [1.82, 2.24) is 10.2 Å². The van der Waals surface area contributed by atoms with Crippen molar-refractivity contribution in [2.45, 2.75) is 12.8 Å². The van der Waals surface area contributed by atoms with Gasteiger partial charge in [0, 0.05) is 26.2 Å².